The van der Waals surface area contributed by atoms with E-state index in [2.05, 4.69) is 25.9 Å². The first kappa shape index (κ1) is 12.4. The summed E-state index contributed by atoms with van der Waals surface area (Å²) >= 11 is 4.56. The molecule has 1 N–H and O–H groups in total. The second-order valence-corrected chi connectivity index (χ2v) is 5.64. The Balaban J connectivity index is 2.27. The van der Waals surface area contributed by atoms with Gasteiger partial charge < -0.3 is 14.9 Å². The van der Waals surface area contributed by atoms with Gasteiger partial charge in [-0.15, -0.1) is 0 Å². The monoisotopic (exact) mass is 313 g/mol. The molecule has 2 rings (SSSR count). The summed E-state index contributed by atoms with van der Waals surface area (Å²) in [7, 11) is 0. The third kappa shape index (κ3) is 2.81. The number of carboxylic acids is 1. The van der Waals surface area contributed by atoms with Crippen molar-refractivity contribution in [2.24, 2.45) is 0 Å². The molecule has 0 radical (unpaired) electrons. The van der Waals surface area contributed by atoms with Crippen molar-refractivity contribution in [1.82, 2.24) is 9.97 Å². The predicted molar refractivity (Wildman–Crippen MR) is 68.7 cm³/mol. The van der Waals surface area contributed by atoms with Crippen LogP contribution in [-0.2, 0) is 4.79 Å². The Labute approximate surface area is 111 Å². The van der Waals surface area contributed by atoms with Crippen LogP contribution in [0.4, 0.5) is 0 Å². The highest BCUT2D eigenvalue weighted by Crippen LogP contribution is 2.26. The number of benzene rings is 1. The van der Waals surface area contributed by atoms with Gasteiger partial charge in [0.2, 0.25) is 0 Å². The van der Waals surface area contributed by atoms with Crippen LogP contribution in [0, 0.1) is 0 Å². The fraction of sp³-hybridized carbons (Fsp3) is 0.273. The SMILES string of the molecule is CC[C@H](Sc1nc2ccc(Br)cc2[nH]1)C(=O)[O-]. The summed E-state index contributed by atoms with van der Waals surface area (Å²) in [5.41, 5.74) is 1.71. The summed E-state index contributed by atoms with van der Waals surface area (Å²) in [6, 6.07) is 5.68. The second kappa shape index (κ2) is 5.10. The van der Waals surface area contributed by atoms with Crippen molar-refractivity contribution in [3.8, 4) is 0 Å². The van der Waals surface area contributed by atoms with E-state index in [9.17, 15) is 9.90 Å². The highest BCUT2D eigenvalue weighted by molar-refractivity contribution is 9.10. The summed E-state index contributed by atoms with van der Waals surface area (Å²) in [4.78, 5) is 18.2. The first-order chi connectivity index (χ1) is 8.10. The Morgan fingerprint density at radius 2 is 2.41 bits per heavy atom. The van der Waals surface area contributed by atoms with Gasteiger partial charge in [0, 0.05) is 4.47 Å². The topological polar surface area (TPSA) is 68.8 Å². The molecule has 0 aliphatic rings. The number of H-pyrrole nitrogens is 1. The number of carboxylic acid groups (broad SMARTS) is 1. The third-order valence-corrected chi connectivity index (χ3v) is 4.03. The summed E-state index contributed by atoms with van der Waals surface area (Å²) in [6.45, 7) is 1.81. The van der Waals surface area contributed by atoms with Crippen LogP contribution in [0.1, 0.15) is 13.3 Å². The van der Waals surface area contributed by atoms with Crippen LogP contribution < -0.4 is 5.11 Å². The number of fused-ring (bicyclic) bond motifs is 1. The van der Waals surface area contributed by atoms with E-state index < -0.39 is 11.2 Å². The number of aromatic nitrogens is 2. The van der Waals surface area contributed by atoms with E-state index in [0.717, 1.165) is 15.5 Å². The molecule has 0 saturated carbocycles. The van der Waals surface area contributed by atoms with Gasteiger partial charge in [0.1, 0.15) is 0 Å². The third-order valence-electron chi connectivity index (χ3n) is 2.31. The number of halogens is 1. The van der Waals surface area contributed by atoms with Gasteiger partial charge in [-0.25, -0.2) is 4.98 Å². The van der Waals surface area contributed by atoms with Crippen molar-refractivity contribution in [3.05, 3.63) is 22.7 Å². The van der Waals surface area contributed by atoms with E-state index in [1.54, 1.807) is 0 Å². The van der Waals surface area contributed by atoms with E-state index in [1.807, 2.05) is 25.1 Å². The maximum atomic E-state index is 10.8. The Kier molecular flexibility index (Phi) is 3.73. The number of hydrogen-bond acceptors (Lipinski definition) is 4. The number of imidazole rings is 1. The van der Waals surface area contributed by atoms with E-state index in [-0.39, 0.29) is 0 Å². The smallest absolute Gasteiger partial charge is 0.167 e. The lowest BCUT2D eigenvalue weighted by atomic mass is 10.3. The standard InChI is InChI=1S/C11H11BrN2O2S/c1-2-9(10(15)16)17-11-13-7-4-3-6(12)5-8(7)14-11/h3-5,9H,2H2,1H3,(H,13,14)(H,15,16)/p-1/t9-/m0/s1. The molecule has 17 heavy (non-hydrogen) atoms. The van der Waals surface area contributed by atoms with Crippen LogP contribution in [-0.4, -0.2) is 21.2 Å². The highest BCUT2D eigenvalue weighted by atomic mass is 79.9. The number of nitrogens with one attached hydrogen (secondary N) is 1. The minimum absolute atomic E-state index is 0.508. The maximum absolute atomic E-state index is 10.8. The largest absolute Gasteiger partial charge is 0.549 e. The number of hydrogen-bond donors (Lipinski definition) is 1. The van der Waals surface area contributed by atoms with Gasteiger partial charge in [0.15, 0.2) is 5.16 Å². The fourth-order valence-corrected chi connectivity index (χ4v) is 2.66. The molecule has 0 fully saturated rings. The van der Waals surface area contributed by atoms with E-state index in [4.69, 9.17) is 0 Å². The van der Waals surface area contributed by atoms with Crippen LogP contribution in [0.3, 0.4) is 0 Å². The van der Waals surface area contributed by atoms with Gasteiger partial charge in [0.05, 0.1) is 22.3 Å². The molecular formula is C11H10BrN2O2S-. The zero-order valence-electron chi connectivity index (χ0n) is 9.07. The van der Waals surface area contributed by atoms with Crippen LogP contribution in [0.2, 0.25) is 0 Å². The quantitative estimate of drug-likeness (QED) is 0.876. The molecule has 0 spiro atoms. The van der Waals surface area contributed by atoms with E-state index in [1.165, 1.54) is 11.8 Å². The minimum atomic E-state index is -1.06. The number of carbonyl (C=O) groups excluding carboxylic acids is 1. The lowest BCUT2D eigenvalue weighted by Gasteiger charge is -2.12. The molecule has 0 amide bonds. The summed E-state index contributed by atoms with van der Waals surface area (Å²) < 4.78 is 0.956. The highest BCUT2D eigenvalue weighted by Gasteiger charge is 2.12. The summed E-state index contributed by atoms with van der Waals surface area (Å²) in [6.07, 6.45) is 0.508. The molecule has 0 saturated heterocycles. The van der Waals surface area contributed by atoms with Crippen molar-refractivity contribution in [3.63, 3.8) is 0 Å². The van der Waals surface area contributed by atoms with Gasteiger partial charge in [-0.1, -0.05) is 34.6 Å². The van der Waals surface area contributed by atoms with Crippen molar-refractivity contribution < 1.29 is 9.90 Å². The lowest BCUT2D eigenvalue weighted by molar-refractivity contribution is -0.304. The van der Waals surface area contributed by atoms with Crippen LogP contribution in [0.15, 0.2) is 27.8 Å². The zero-order chi connectivity index (χ0) is 12.4. The van der Waals surface area contributed by atoms with Crippen molar-refractivity contribution in [2.75, 3.05) is 0 Å². The molecule has 0 bridgehead atoms. The minimum Gasteiger partial charge on any atom is -0.549 e. The van der Waals surface area contributed by atoms with Gasteiger partial charge in [0.25, 0.3) is 0 Å². The Morgan fingerprint density at radius 1 is 1.65 bits per heavy atom. The van der Waals surface area contributed by atoms with Crippen LogP contribution in [0.5, 0.6) is 0 Å². The molecular weight excluding hydrogens is 304 g/mol. The summed E-state index contributed by atoms with van der Waals surface area (Å²) in [5, 5.41) is 10.9. The van der Waals surface area contributed by atoms with E-state index in [0.29, 0.717) is 11.6 Å². The van der Waals surface area contributed by atoms with Gasteiger partial charge >= 0.3 is 0 Å². The predicted octanol–water partition coefficient (Wildman–Crippen LogP) is 1.95. The van der Waals surface area contributed by atoms with Crippen LogP contribution >= 0.6 is 27.7 Å². The van der Waals surface area contributed by atoms with Crippen LogP contribution in [0.25, 0.3) is 11.0 Å². The van der Waals surface area contributed by atoms with Crippen molar-refractivity contribution in [2.45, 2.75) is 23.8 Å². The van der Waals surface area contributed by atoms with Crippen molar-refractivity contribution in [1.29, 1.82) is 0 Å². The Bertz CT molecular complexity index is 555. The number of thioether (sulfide) groups is 1. The normalized spacial score (nSPS) is 12.8. The van der Waals surface area contributed by atoms with Gasteiger partial charge in [-0.3, -0.25) is 0 Å². The van der Waals surface area contributed by atoms with Gasteiger partial charge in [-0.2, -0.15) is 0 Å². The number of nitrogens with zero attached hydrogens (tertiary/aromatic N) is 1. The molecule has 1 aromatic heterocycles. The number of aliphatic carboxylic acids is 1. The first-order valence-electron chi connectivity index (χ1n) is 5.13. The molecule has 4 nitrogen and oxygen atoms in total. The van der Waals surface area contributed by atoms with Gasteiger partial charge in [-0.05, 0) is 24.6 Å². The molecule has 0 unspecified atom stereocenters. The number of rotatable bonds is 4. The molecule has 6 heteroatoms. The maximum Gasteiger partial charge on any atom is 0.167 e. The Morgan fingerprint density at radius 3 is 3.06 bits per heavy atom. The molecule has 1 aromatic carbocycles. The molecule has 2 aromatic rings. The molecule has 0 aliphatic carbocycles. The average molecular weight is 314 g/mol. The van der Waals surface area contributed by atoms with Crippen molar-refractivity contribution >= 4 is 44.7 Å². The first-order valence-corrected chi connectivity index (χ1v) is 6.80. The Hall–Kier alpha value is -1.01. The molecule has 90 valence electrons. The molecule has 1 atom stereocenters. The molecule has 1 heterocycles. The zero-order valence-corrected chi connectivity index (χ0v) is 11.5. The average Bonchev–Trinajstić information content (AvgIpc) is 2.66. The summed E-state index contributed by atoms with van der Waals surface area (Å²) in [5.74, 6) is -1.06. The van der Waals surface area contributed by atoms with E-state index >= 15 is 0 Å². The fourth-order valence-electron chi connectivity index (χ4n) is 1.45. The second-order valence-electron chi connectivity index (χ2n) is 3.54. The number of aromatic amines is 1. The number of carbonyl (C=O) groups is 1. The lowest BCUT2D eigenvalue weighted by Crippen LogP contribution is -2.33. The molecule has 0 aliphatic heterocycles.